The second-order valence-corrected chi connectivity index (χ2v) is 4.40. The molecule has 0 amide bonds. The fraction of sp³-hybridized carbons (Fsp3) is 0.417. The Morgan fingerprint density at radius 2 is 2.33 bits per heavy atom. The predicted molar refractivity (Wildman–Crippen MR) is 65.9 cm³/mol. The van der Waals surface area contributed by atoms with Crippen LogP contribution in [-0.2, 0) is 0 Å². The minimum absolute atomic E-state index is 0.0845. The van der Waals surface area contributed by atoms with Crippen molar-refractivity contribution in [3.05, 3.63) is 33.9 Å². The van der Waals surface area contributed by atoms with Crippen molar-refractivity contribution < 1.29 is 14.8 Å². The van der Waals surface area contributed by atoms with Crippen LogP contribution in [0.3, 0.4) is 0 Å². The van der Waals surface area contributed by atoms with Crippen LogP contribution in [0.25, 0.3) is 0 Å². The van der Waals surface area contributed by atoms with E-state index in [1.807, 2.05) is 4.90 Å². The van der Waals surface area contributed by atoms with Crippen molar-refractivity contribution in [2.75, 3.05) is 24.6 Å². The quantitative estimate of drug-likeness (QED) is 0.493. The first-order valence-electron chi connectivity index (χ1n) is 5.75. The summed E-state index contributed by atoms with van der Waals surface area (Å²) in [6.07, 6.45) is 1.50. The van der Waals surface area contributed by atoms with Gasteiger partial charge in [-0.1, -0.05) is 0 Å². The van der Waals surface area contributed by atoms with Gasteiger partial charge >= 0.3 is 0 Å². The van der Waals surface area contributed by atoms with Crippen LogP contribution in [0.4, 0.5) is 11.4 Å². The molecule has 1 saturated heterocycles. The van der Waals surface area contributed by atoms with Crippen LogP contribution in [-0.4, -0.2) is 36.0 Å². The fourth-order valence-electron chi connectivity index (χ4n) is 2.24. The van der Waals surface area contributed by atoms with Gasteiger partial charge in [-0.05, 0) is 12.5 Å². The Morgan fingerprint density at radius 1 is 1.56 bits per heavy atom. The lowest BCUT2D eigenvalue weighted by molar-refractivity contribution is -0.384. The second kappa shape index (κ2) is 5.14. The maximum Gasteiger partial charge on any atom is 0.270 e. The van der Waals surface area contributed by atoms with Crippen molar-refractivity contribution in [1.82, 2.24) is 0 Å². The van der Waals surface area contributed by atoms with Crippen molar-refractivity contribution >= 4 is 17.7 Å². The molecule has 1 aromatic carbocycles. The fourth-order valence-corrected chi connectivity index (χ4v) is 2.24. The van der Waals surface area contributed by atoms with Gasteiger partial charge in [0.2, 0.25) is 0 Å². The van der Waals surface area contributed by atoms with E-state index in [1.165, 1.54) is 12.1 Å². The summed E-state index contributed by atoms with van der Waals surface area (Å²) in [6.45, 7) is 1.55. The van der Waals surface area contributed by atoms with Crippen LogP contribution < -0.4 is 4.90 Å². The minimum atomic E-state index is -0.517. The maximum absolute atomic E-state index is 11.0. The van der Waals surface area contributed by atoms with Crippen molar-refractivity contribution in [2.24, 2.45) is 5.92 Å². The van der Waals surface area contributed by atoms with Crippen molar-refractivity contribution in [3.8, 4) is 0 Å². The van der Waals surface area contributed by atoms with Gasteiger partial charge in [0, 0.05) is 49.0 Å². The summed E-state index contributed by atoms with van der Waals surface area (Å²) in [5.74, 6) is 0.208. The number of aliphatic hydroxyl groups excluding tert-OH is 1. The SMILES string of the molecule is O=Cc1cc([N+](=O)[O-])ccc1N1CCC(CO)C1. The Labute approximate surface area is 104 Å². The second-order valence-electron chi connectivity index (χ2n) is 4.40. The summed E-state index contributed by atoms with van der Waals surface area (Å²) in [5, 5.41) is 19.7. The summed E-state index contributed by atoms with van der Waals surface area (Å²) >= 11 is 0. The van der Waals surface area contributed by atoms with Gasteiger partial charge in [0.15, 0.2) is 6.29 Å². The topological polar surface area (TPSA) is 83.7 Å². The highest BCUT2D eigenvalue weighted by Crippen LogP contribution is 2.28. The zero-order chi connectivity index (χ0) is 13.1. The molecule has 0 aliphatic carbocycles. The molecule has 0 spiro atoms. The van der Waals surface area contributed by atoms with E-state index >= 15 is 0 Å². The third-order valence-corrected chi connectivity index (χ3v) is 3.23. The largest absolute Gasteiger partial charge is 0.396 e. The van der Waals surface area contributed by atoms with Gasteiger partial charge < -0.3 is 10.0 Å². The number of carbonyl (C=O) groups excluding carboxylic acids is 1. The molecule has 1 heterocycles. The lowest BCUT2D eigenvalue weighted by atomic mass is 10.1. The van der Waals surface area contributed by atoms with Crippen molar-refractivity contribution in [1.29, 1.82) is 0 Å². The Bertz CT molecular complexity index is 475. The van der Waals surface area contributed by atoms with Crippen LogP contribution in [0.2, 0.25) is 0 Å². The van der Waals surface area contributed by atoms with Crippen LogP contribution in [0.1, 0.15) is 16.8 Å². The van der Waals surface area contributed by atoms with Gasteiger partial charge in [-0.15, -0.1) is 0 Å². The number of anilines is 1. The molecule has 6 nitrogen and oxygen atoms in total. The summed E-state index contributed by atoms with van der Waals surface area (Å²) in [7, 11) is 0. The van der Waals surface area contributed by atoms with Crippen LogP contribution >= 0.6 is 0 Å². The first kappa shape index (κ1) is 12.5. The Morgan fingerprint density at radius 3 is 2.89 bits per heavy atom. The molecule has 96 valence electrons. The van der Waals surface area contributed by atoms with Gasteiger partial charge in [0.25, 0.3) is 5.69 Å². The van der Waals surface area contributed by atoms with E-state index in [2.05, 4.69) is 0 Å². The highest BCUT2D eigenvalue weighted by atomic mass is 16.6. The molecule has 6 heteroatoms. The van der Waals surface area contributed by atoms with Gasteiger partial charge in [-0.25, -0.2) is 0 Å². The first-order valence-corrected chi connectivity index (χ1v) is 5.75. The molecule has 0 saturated carbocycles. The van der Waals surface area contributed by atoms with E-state index in [0.717, 1.165) is 13.0 Å². The number of aldehydes is 1. The minimum Gasteiger partial charge on any atom is -0.396 e. The highest BCUT2D eigenvalue weighted by molar-refractivity contribution is 5.86. The summed E-state index contributed by atoms with van der Waals surface area (Å²) in [6, 6.07) is 4.28. The standard InChI is InChI=1S/C12H14N2O4/c15-7-9-3-4-13(6-9)12-2-1-11(14(17)18)5-10(12)8-16/h1-2,5,8-9,15H,3-4,6-7H2. The normalized spacial score (nSPS) is 18.9. The number of benzene rings is 1. The average molecular weight is 250 g/mol. The molecule has 18 heavy (non-hydrogen) atoms. The molecular formula is C12H14N2O4. The van der Waals surface area contributed by atoms with E-state index in [9.17, 15) is 14.9 Å². The van der Waals surface area contributed by atoms with Gasteiger partial charge in [-0.3, -0.25) is 14.9 Å². The summed E-state index contributed by atoms with van der Waals surface area (Å²) < 4.78 is 0. The molecule has 2 rings (SSSR count). The lowest BCUT2D eigenvalue weighted by Gasteiger charge is -2.19. The molecular weight excluding hydrogens is 236 g/mol. The van der Waals surface area contributed by atoms with Crippen molar-refractivity contribution in [3.63, 3.8) is 0 Å². The van der Waals surface area contributed by atoms with E-state index in [1.54, 1.807) is 6.07 Å². The average Bonchev–Trinajstić information content (AvgIpc) is 2.86. The number of hydrogen-bond donors (Lipinski definition) is 1. The summed E-state index contributed by atoms with van der Waals surface area (Å²) in [4.78, 5) is 23.1. The molecule has 0 radical (unpaired) electrons. The number of hydrogen-bond acceptors (Lipinski definition) is 5. The smallest absolute Gasteiger partial charge is 0.270 e. The molecule has 1 fully saturated rings. The number of nitro groups is 1. The zero-order valence-corrected chi connectivity index (χ0v) is 9.78. The zero-order valence-electron chi connectivity index (χ0n) is 9.78. The third-order valence-electron chi connectivity index (χ3n) is 3.23. The predicted octanol–water partition coefficient (Wildman–Crippen LogP) is 1.23. The Hall–Kier alpha value is -1.95. The number of rotatable bonds is 4. The van der Waals surface area contributed by atoms with Gasteiger partial charge in [0.05, 0.1) is 4.92 Å². The number of nitro benzene ring substituents is 1. The van der Waals surface area contributed by atoms with Crippen LogP contribution in [0.15, 0.2) is 18.2 Å². The van der Waals surface area contributed by atoms with Crippen LogP contribution in [0.5, 0.6) is 0 Å². The molecule has 1 unspecified atom stereocenters. The number of non-ortho nitro benzene ring substituents is 1. The maximum atomic E-state index is 11.0. The Balaban J connectivity index is 2.28. The monoisotopic (exact) mass is 250 g/mol. The molecule has 1 aliphatic heterocycles. The molecule has 1 aromatic rings. The Kier molecular flexibility index (Phi) is 3.57. The molecule has 1 atom stereocenters. The number of nitrogens with zero attached hydrogens (tertiary/aromatic N) is 2. The first-order chi connectivity index (χ1) is 8.65. The molecule has 1 N–H and O–H groups in total. The van der Waals surface area contributed by atoms with E-state index in [-0.39, 0.29) is 18.2 Å². The molecule has 0 bridgehead atoms. The van der Waals surface area contributed by atoms with E-state index < -0.39 is 4.92 Å². The summed E-state index contributed by atoms with van der Waals surface area (Å²) in [5.41, 5.74) is 0.938. The van der Waals surface area contributed by atoms with E-state index in [4.69, 9.17) is 5.11 Å². The lowest BCUT2D eigenvalue weighted by Crippen LogP contribution is -2.21. The van der Waals surface area contributed by atoms with Crippen LogP contribution in [0, 0.1) is 16.0 Å². The highest BCUT2D eigenvalue weighted by Gasteiger charge is 2.24. The van der Waals surface area contributed by atoms with Gasteiger partial charge in [-0.2, -0.15) is 0 Å². The molecule has 1 aliphatic rings. The number of carbonyl (C=O) groups is 1. The van der Waals surface area contributed by atoms with Gasteiger partial charge in [0.1, 0.15) is 0 Å². The third kappa shape index (κ3) is 2.33. The molecule has 0 aromatic heterocycles. The number of aliphatic hydroxyl groups is 1. The van der Waals surface area contributed by atoms with E-state index in [0.29, 0.717) is 24.1 Å². The van der Waals surface area contributed by atoms with Crippen molar-refractivity contribution in [2.45, 2.75) is 6.42 Å².